The van der Waals surface area contributed by atoms with E-state index in [0.29, 0.717) is 5.54 Å². The summed E-state index contributed by atoms with van der Waals surface area (Å²) in [4.78, 5) is 4.81. The summed E-state index contributed by atoms with van der Waals surface area (Å²) >= 11 is 0. The van der Waals surface area contributed by atoms with Crippen molar-refractivity contribution in [1.82, 2.24) is 9.80 Å². The van der Waals surface area contributed by atoms with E-state index in [1.54, 1.807) is 0 Å². The molecule has 1 saturated heterocycles. The van der Waals surface area contributed by atoms with Crippen LogP contribution in [0.15, 0.2) is 0 Å². The van der Waals surface area contributed by atoms with Crippen molar-refractivity contribution in [1.29, 1.82) is 0 Å². The molecule has 2 heteroatoms. The van der Waals surface area contributed by atoms with Crippen molar-refractivity contribution in [2.45, 2.75) is 38.1 Å². The summed E-state index contributed by atoms with van der Waals surface area (Å²) in [5, 5.41) is 0. The molecule has 0 aliphatic carbocycles. The van der Waals surface area contributed by atoms with Crippen molar-refractivity contribution >= 4 is 0 Å². The summed E-state index contributed by atoms with van der Waals surface area (Å²) in [6.45, 7) is 4.93. The Balaban J connectivity index is 2.26. The first-order valence-electron chi connectivity index (χ1n) is 5.40. The highest BCUT2D eigenvalue weighted by atomic mass is 15.2. The van der Waals surface area contributed by atoms with Gasteiger partial charge in [-0.25, -0.2) is 0 Å². The minimum atomic E-state index is 0.496. The lowest BCUT2D eigenvalue weighted by Gasteiger charge is -2.32. The molecule has 0 aromatic rings. The molecular formula is C11H24N2. The zero-order valence-corrected chi connectivity index (χ0v) is 9.64. The maximum Gasteiger partial charge on any atom is 0.0179 e. The minimum absolute atomic E-state index is 0.496. The molecule has 0 amide bonds. The Kier molecular flexibility index (Phi) is 3.74. The Morgan fingerprint density at radius 3 is 2.54 bits per heavy atom. The van der Waals surface area contributed by atoms with Crippen LogP contribution in [0.1, 0.15) is 32.6 Å². The van der Waals surface area contributed by atoms with E-state index in [4.69, 9.17) is 0 Å². The normalized spacial score (nSPS) is 30.2. The molecule has 0 radical (unpaired) electrons. The third-order valence-corrected chi connectivity index (χ3v) is 3.45. The zero-order valence-electron chi connectivity index (χ0n) is 9.64. The van der Waals surface area contributed by atoms with E-state index in [1.807, 2.05) is 0 Å². The summed E-state index contributed by atoms with van der Waals surface area (Å²) in [5.74, 6) is 0. The highest BCUT2D eigenvalue weighted by molar-refractivity contribution is 4.89. The van der Waals surface area contributed by atoms with Gasteiger partial charge in [0.05, 0.1) is 0 Å². The first-order chi connectivity index (χ1) is 6.04. The largest absolute Gasteiger partial charge is 0.309 e. The van der Waals surface area contributed by atoms with Crippen LogP contribution in [0.3, 0.4) is 0 Å². The molecule has 1 aliphatic rings. The fraction of sp³-hybridized carbons (Fsp3) is 1.00. The third-order valence-electron chi connectivity index (χ3n) is 3.45. The second kappa shape index (κ2) is 4.43. The van der Waals surface area contributed by atoms with Gasteiger partial charge in [0.15, 0.2) is 0 Å². The van der Waals surface area contributed by atoms with Gasteiger partial charge in [-0.2, -0.15) is 0 Å². The molecule has 1 atom stereocenters. The van der Waals surface area contributed by atoms with E-state index in [1.165, 1.54) is 38.8 Å². The first-order valence-corrected chi connectivity index (χ1v) is 5.40. The summed E-state index contributed by atoms with van der Waals surface area (Å²) in [7, 11) is 6.57. The average Bonchev–Trinajstić information content (AvgIpc) is 2.32. The second-order valence-electron chi connectivity index (χ2n) is 4.93. The van der Waals surface area contributed by atoms with Crippen LogP contribution in [-0.2, 0) is 0 Å². The zero-order chi connectivity index (χ0) is 9.90. The van der Waals surface area contributed by atoms with Gasteiger partial charge in [-0.05, 0) is 66.8 Å². The quantitative estimate of drug-likeness (QED) is 0.657. The van der Waals surface area contributed by atoms with Gasteiger partial charge >= 0.3 is 0 Å². The Bertz CT molecular complexity index is 156. The molecule has 0 spiro atoms. The number of likely N-dealkylation sites (tertiary alicyclic amines) is 1. The highest BCUT2D eigenvalue weighted by Gasteiger charge is 2.32. The Hall–Kier alpha value is -0.0800. The Labute approximate surface area is 82.9 Å². The molecule has 0 aromatic carbocycles. The molecular weight excluding hydrogens is 160 g/mol. The molecule has 2 nitrogen and oxygen atoms in total. The average molecular weight is 184 g/mol. The fourth-order valence-electron chi connectivity index (χ4n) is 2.25. The van der Waals surface area contributed by atoms with Crippen LogP contribution in [0, 0.1) is 0 Å². The van der Waals surface area contributed by atoms with Crippen LogP contribution in [0.4, 0.5) is 0 Å². The smallest absolute Gasteiger partial charge is 0.0179 e. The van der Waals surface area contributed by atoms with Crippen molar-refractivity contribution in [3.63, 3.8) is 0 Å². The molecule has 1 aliphatic heterocycles. The molecule has 0 saturated carbocycles. The maximum atomic E-state index is 2.53. The molecule has 78 valence electrons. The molecule has 1 heterocycles. The summed E-state index contributed by atoms with van der Waals surface area (Å²) < 4.78 is 0. The molecule has 1 rings (SSSR count). The van der Waals surface area contributed by atoms with Crippen LogP contribution in [0.5, 0.6) is 0 Å². The minimum Gasteiger partial charge on any atom is -0.309 e. The maximum absolute atomic E-state index is 2.53. The molecule has 1 unspecified atom stereocenters. The summed E-state index contributed by atoms with van der Waals surface area (Å²) in [5.41, 5.74) is 0.496. The SMILES string of the molecule is CN(C)CCCC1(C)CCCN1C. The van der Waals surface area contributed by atoms with Crippen LogP contribution >= 0.6 is 0 Å². The van der Waals surface area contributed by atoms with Crippen LogP contribution in [0.2, 0.25) is 0 Å². The topological polar surface area (TPSA) is 6.48 Å². The van der Waals surface area contributed by atoms with E-state index >= 15 is 0 Å². The number of nitrogens with zero attached hydrogens (tertiary/aromatic N) is 2. The predicted molar refractivity (Wildman–Crippen MR) is 58.1 cm³/mol. The van der Waals surface area contributed by atoms with Gasteiger partial charge in [0.2, 0.25) is 0 Å². The van der Waals surface area contributed by atoms with Crippen molar-refractivity contribution < 1.29 is 0 Å². The van der Waals surface area contributed by atoms with Crippen molar-refractivity contribution in [3.8, 4) is 0 Å². The van der Waals surface area contributed by atoms with Crippen molar-refractivity contribution in [2.75, 3.05) is 34.2 Å². The van der Waals surface area contributed by atoms with E-state index in [-0.39, 0.29) is 0 Å². The Morgan fingerprint density at radius 1 is 1.38 bits per heavy atom. The summed E-state index contributed by atoms with van der Waals surface area (Å²) in [6.07, 6.45) is 5.45. The van der Waals surface area contributed by atoms with Gasteiger partial charge < -0.3 is 9.80 Å². The standard InChI is InChI=1S/C11H24N2/c1-11(7-5-9-12(2)3)8-6-10-13(11)4/h5-10H2,1-4H3. The fourth-order valence-corrected chi connectivity index (χ4v) is 2.25. The lowest BCUT2D eigenvalue weighted by atomic mass is 9.93. The van der Waals surface area contributed by atoms with Gasteiger partial charge in [0.1, 0.15) is 0 Å². The molecule has 0 aromatic heterocycles. The third kappa shape index (κ3) is 2.96. The molecule has 0 N–H and O–H groups in total. The van der Waals surface area contributed by atoms with Crippen LogP contribution in [-0.4, -0.2) is 49.6 Å². The first kappa shape index (κ1) is 11.0. The predicted octanol–water partition coefficient (Wildman–Crippen LogP) is 1.81. The van der Waals surface area contributed by atoms with E-state index in [0.717, 1.165) is 0 Å². The van der Waals surface area contributed by atoms with Gasteiger partial charge in [-0.1, -0.05) is 0 Å². The van der Waals surface area contributed by atoms with E-state index < -0.39 is 0 Å². The van der Waals surface area contributed by atoms with Gasteiger partial charge in [0.25, 0.3) is 0 Å². The van der Waals surface area contributed by atoms with Crippen molar-refractivity contribution in [3.05, 3.63) is 0 Å². The highest BCUT2D eigenvalue weighted by Crippen LogP contribution is 2.31. The van der Waals surface area contributed by atoms with Gasteiger partial charge in [-0.3, -0.25) is 0 Å². The molecule has 13 heavy (non-hydrogen) atoms. The number of hydrogen-bond acceptors (Lipinski definition) is 2. The van der Waals surface area contributed by atoms with E-state index in [2.05, 4.69) is 37.9 Å². The van der Waals surface area contributed by atoms with Gasteiger partial charge in [-0.15, -0.1) is 0 Å². The summed E-state index contributed by atoms with van der Waals surface area (Å²) in [6, 6.07) is 0. The second-order valence-corrected chi connectivity index (χ2v) is 4.93. The number of hydrogen-bond donors (Lipinski definition) is 0. The number of rotatable bonds is 4. The monoisotopic (exact) mass is 184 g/mol. The molecule has 1 fully saturated rings. The molecule has 0 bridgehead atoms. The van der Waals surface area contributed by atoms with E-state index in [9.17, 15) is 0 Å². The lowest BCUT2D eigenvalue weighted by molar-refractivity contribution is 0.173. The van der Waals surface area contributed by atoms with Crippen molar-refractivity contribution in [2.24, 2.45) is 0 Å². The van der Waals surface area contributed by atoms with Crippen LogP contribution < -0.4 is 0 Å². The lowest BCUT2D eigenvalue weighted by Crippen LogP contribution is -2.38. The van der Waals surface area contributed by atoms with Gasteiger partial charge in [0, 0.05) is 5.54 Å². The Morgan fingerprint density at radius 2 is 2.08 bits per heavy atom. The van der Waals surface area contributed by atoms with Crippen LogP contribution in [0.25, 0.3) is 0 Å².